The Bertz CT molecular complexity index is 2520. The molecule has 15 nitrogen and oxygen atoms in total. The van der Waals surface area contributed by atoms with Crippen LogP contribution >= 0.6 is 0 Å². The highest BCUT2D eigenvalue weighted by atomic mass is 19.1. The number of carbonyl (C=O) groups excluding carboxylic acids is 3. The Morgan fingerprint density at radius 1 is 1.02 bits per heavy atom. The van der Waals surface area contributed by atoms with Gasteiger partial charge in [-0.3, -0.25) is 19.8 Å². The maximum Gasteiger partial charge on any atom is 0.328 e. The molecule has 4 amide bonds. The molecular weight excluding hydrogens is 799 g/mol. The number of morpholine rings is 1. The van der Waals surface area contributed by atoms with E-state index < -0.39 is 17.5 Å². The first-order chi connectivity index (χ1) is 29.8. The zero-order chi connectivity index (χ0) is 43.3. The first-order valence-electron chi connectivity index (χ1n) is 21.2. The average molecular weight is 849 g/mol. The summed E-state index contributed by atoms with van der Waals surface area (Å²) >= 11 is 0. The van der Waals surface area contributed by atoms with Crippen LogP contribution in [-0.2, 0) is 9.53 Å². The number of rotatable bonds is 8. The summed E-state index contributed by atoms with van der Waals surface area (Å²) in [6.07, 6.45) is 5.93. The molecule has 62 heavy (non-hydrogen) atoms. The number of carbonyl (C=O) groups is 3. The number of urea groups is 1. The lowest BCUT2D eigenvalue weighted by atomic mass is 9.91. The third-order valence-electron chi connectivity index (χ3n) is 12.9. The van der Waals surface area contributed by atoms with Crippen molar-refractivity contribution in [2.45, 2.75) is 69.8 Å². The summed E-state index contributed by atoms with van der Waals surface area (Å²) in [5, 5.41) is 21.9. The number of aryl methyl sites for hydroxylation is 1. The van der Waals surface area contributed by atoms with Crippen LogP contribution in [0.1, 0.15) is 72.7 Å². The van der Waals surface area contributed by atoms with Gasteiger partial charge in [0.25, 0.3) is 5.91 Å². The summed E-state index contributed by atoms with van der Waals surface area (Å²) in [5.74, 6) is -0.850. The number of halogens is 2. The maximum absolute atomic E-state index is 16.4. The lowest BCUT2D eigenvalue weighted by Gasteiger charge is -2.41. The summed E-state index contributed by atoms with van der Waals surface area (Å²) in [4.78, 5) is 50.0. The van der Waals surface area contributed by atoms with Gasteiger partial charge in [-0.05, 0) is 80.3 Å². The summed E-state index contributed by atoms with van der Waals surface area (Å²) in [6.45, 7) is 7.65. The second-order valence-electron chi connectivity index (χ2n) is 17.1. The van der Waals surface area contributed by atoms with E-state index in [1.165, 1.54) is 18.2 Å². The van der Waals surface area contributed by atoms with Crippen molar-refractivity contribution in [2.75, 3.05) is 68.0 Å². The van der Waals surface area contributed by atoms with Crippen LogP contribution in [0, 0.1) is 12.7 Å². The van der Waals surface area contributed by atoms with Gasteiger partial charge in [-0.2, -0.15) is 0 Å². The van der Waals surface area contributed by atoms with Crippen LogP contribution in [0.5, 0.6) is 5.75 Å². The number of fused-ring (bicyclic) bond motifs is 1. The molecule has 2 aromatic carbocycles. The molecule has 0 bridgehead atoms. The number of imide groups is 1. The highest BCUT2D eigenvalue weighted by Crippen LogP contribution is 2.37. The van der Waals surface area contributed by atoms with Gasteiger partial charge in [-0.15, -0.1) is 10.2 Å². The number of benzene rings is 2. The molecule has 3 aromatic heterocycles. The van der Waals surface area contributed by atoms with E-state index in [0.29, 0.717) is 56.3 Å². The minimum absolute atomic E-state index is 0.0717. The van der Waals surface area contributed by atoms with Gasteiger partial charge >= 0.3 is 6.03 Å². The lowest BCUT2D eigenvalue weighted by molar-refractivity contribution is -0.120. The molecule has 2 atom stereocenters. The molecule has 4 fully saturated rings. The van der Waals surface area contributed by atoms with Crippen LogP contribution in [0.25, 0.3) is 22.3 Å². The van der Waals surface area contributed by atoms with Crippen LogP contribution < -0.4 is 20.9 Å². The maximum atomic E-state index is 16.4. The smallest absolute Gasteiger partial charge is 0.328 e. The van der Waals surface area contributed by atoms with Gasteiger partial charge in [0.1, 0.15) is 29.0 Å². The predicted octanol–water partition coefficient (Wildman–Crippen LogP) is 5.92. The minimum Gasteiger partial charge on any atom is -0.507 e. The number of nitrogens with two attached hydrogens (primary N) is 1. The molecule has 0 radical (unpaired) electrons. The molecule has 17 heteroatoms. The number of anilines is 3. The Hall–Kier alpha value is -6.20. The van der Waals surface area contributed by atoms with Crippen LogP contribution in [-0.4, -0.2) is 117 Å². The highest BCUT2D eigenvalue weighted by molar-refractivity contribution is 6.06. The first-order valence-corrected chi connectivity index (χ1v) is 21.2. The topological polar surface area (TPSA) is 175 Å². The van der Waals surface area contributed by atoms with Gasteiger partial charge in [-0.25, -0.2) is 18.6 Å². The number of likely N-dealkylation sites (tertiary alicyclic amines) is 2. The molecular formula is C45H50F2N10O5. The summed E-state index contributed by atoms with van der Waals surface area (Å²) < 4.78 is 38.8. The van der Waals surface area contributed by atoms with Crippen LogP contribution in [0.4, 0.5) is 30.8 Å². The van der Waals surface area contributed by atoms with E-state index in [0.717, 1.165) is 48.1 Å². The Morgan fingerprint density at radius 3 is 2.52 bits per heavy atom. The third-order valence-corrected chi connectivity index (χ3v) is 12.9. The number of nitrogens with one attached hydrogen (secondary N) is 1. The number of nitrogen functional groups attached to an aromatic ring is 1. The van der Waals surface area contributed by atoms with E-state index in [1.54, 1.807) is 34.2 Å². The molecule has 0 spiro atoms. The molecule has 0 aliphatic carbocycles. The number of hydrogen-bond donors (Lipinski definition) is 3. The number of piperidine rings is 2. The van der Waals surface area contributed by atoms with Gasteiger partial charge in [-0.1, -0.05) is 12.1 Å². The van der Waals surface area contributed by atoms with Crippen molar-refractivity contribution in [1.82, 2.24) is 34.9 Å². The molecule has 5 aromatic rings. The first kappa shape index (κ1) is 41.2. The molecule has 4 aliphatic heterocycles. The molecule has 0 unspecified atom stereocenters. The molecule has 0 saturated carbocycles. The number of phenolic OH excluding ortho intramolecular Hbond substituents is 1. The Kier molecular flexibility index (Phi) is 11.0. The number of amides is 4. The number of nitrogens with zero attached hydrogens (tertiary/aromatic N) is 8. The largest absolute Gasteiger partial charge is 0.507 e. The fraction of sp³-hybridized carbons (Fsp3) is 0.422. The van der Waals surface area contributed by atoms with E-state index in [9.17, 15) is 23.9 Å². The van der Waals surface area contributed by atoms with Crippen molar-refractivity contribution in [3.63, 3.8) is 0 Å². The van der Waals surface area contributed by atoms with Crippen molar-refractivity contribution >= 4 is 46.1 Å². The Balaban J connectivity index is 0.777. The normalized spacial score (nSPS) is 21.4. The van der Waals surface area contributed by atoms with E-state index >= 15 is 4.39 Å². The number of ether oxygens (including phenoxy) is 1. The predicted molar refractivity (Wildman–Crippen MR) is 229 cm³/mol. The van der Waals surface area contributed by atoms with E-state index in [4.69, 9.17) is 15.5 Å². The van der Waals surface area contributed by atoms with Crippen LogP contribution in [0.3, 0.4) is 0 Å². The fourth-order valence-corrected chi connectivity index (χ4v) is 9.33. The number of aromatic hydroxyl groups is 1. The second-order valence-corrected chi connectivity index (χ2v) is 17.1. The number of pyridine rings is 1. The van der Waals surface area contributed by atoms with Crippen molar-refractivity contribution in [3.8, 4) is 17.0 Å². The summed E-state index contributed by atoms with van der Waals surface area (Å²) in [7, 11) is 0. The molecule has 4 saturated heterocycles. The highest BCUT2D eigenvalue weighted by Gasteiger charge is 2.39. The molecule has 324 valence electrons. The standard InChI is InChI=1S/C45H50F2N10O5/c1-27-23-57(42-34(27)20-33(22-49-42)55-16-11-40(59)50-44(55)61)32-9-14-53(15-10-32)26-45(47)12-17-54(18-13-45)43(60)30-5-3-29(4-6-30)39-24-56(28(2)25-62-39)37-21-36(51-52-41(37)48)35-19-31(46)7-8-38(35)58/h3-8,19-23,28,32,39,58H,9-18,24-26H2,1-2H3,(H2,48,52)(H,50,59,61)/t28-,39+/m1/s1. The molecule has 9 rings (SSSR count). The fourth-order valence-electron chi connectivity index (χ4n) is 9.33. The van der Waals surface area contributed by atoms with Gasteiger partial charge in [0, 0.05) is 99.9 Å². The number of hydrogen-bond acceptors (Lipinski definition) is 11. The summed E-state index contributed by atoms with van der Waals surface area (Å²) in [5.41, 5.74) is 9.94. The number of aromatic nitrogens is 4. The van der Waals surface area contributed by atoms with E-state index in [-0.39, 0.29) is 72.1 Å². The van der Waals surface area contributed by atoms with Gasteiger partial charge in [0.15, 0.2) is 5.82 Å². The Labute approximate surface area is 357 Å². The minimum atomic E-state index is -1.39. The molecule has 7 heterocycles. The average Bonchev–Trinajstić information content (AvgIpc) is 3.60. The quantitative estimate of drug-likeness (QED) is 0.169. The van der Waals surface area contributed by atoms with Gasteiger partial charge in [0.2, 0.25) is 5.91 Å². The zero-order valence-electron chi connectivity index (χ0n) is 34.8. The zero-order valence-corrected chi connectivity index (χ0v) is 34.8. The molecule has 4 N–H and O–H groups in total. The Morgan fingerprint density at radius 2 is 1.77 bits per heavy atom. The lowest BCUT2D eigenvalue weighted by Crippen LogP contribution is -2.51. The van der Waals surface area contributed by atoms with Crippen molar-refractivity contribution in [2.24, 2.45) is 0 Å². The van der Waals surface area contributed by atoms with Crippen LogP contribution in [0.15, 0.2) is 67.0 Å². The van der Waals surface area contributed by atoms with Crippen LogP contribution in [0.2, 0.25) is 0 Å². The van der Waals surface area contributed by atoms with E-state index in [2.05, 4.69) is 36.1 Å². The van der Waals surface area contributed by atoms with Gasteiger partial charge < -0.3 is 34.8 Å². The molecule has 4 aliphatic rings. The second kappa shape index (κ2) is 16.6. The third kappa shape index (κ3) is 8.13. The number of alkyl halides is 1. The number of phenols is 1. The van der Waals surface area contributed by atoms with Crippen molar-refractivity contribution in [1.29, 1.82) is 0 Å². The summed E-state index contributed by atoms with van der Waals surface area (Å²) in [6, 6.07) is 14.3. The van der Waals surface area contributed by atoms with Crippen molar-refractivity contribution in [3.05, 3.63) is 89.5 Å². The van der Waals surface area contributed by atoms with Gasteiger partial charge in [0.05, 0.1) is 29.9 Å². The van der Waals surface area contributed by atoms with E-state index in [1.807, 2.05) is 32.0 Å². The monoisotopic (exact) mass is 848 g/mol. The van der Waals surface area contributed by atoms with Crippen molar-refractivity contribution < 1.29 is 33.0 Å². The SMILES string of the molecule is Cc1cn(C2CCN(CC3(F)CCN(C(=O)c4ccc([C@@H]5CN(c6cc(-c7cc(F)ccc7O)nnc6N)[C@H](C)CO5)cc4)CC3)CC2)c2ncc(N3CCC(=O)NC3=O)cc12.